The Labute approximate surface area is 223 Å². The highest BCUT2D eigenvalue weighted by Gasteiger charge is 2.18. The first-order chi connectivity index (χ1) is 18.7. The maximum Gasteiger partial charge on any atom is 0.335 e. The molecule has 8 heteroatoms. The first-order valence-electron chi connectivity index (χ1n) is 12.3. The van der Waals surface area contributed by atoms with E-state index in [0.29, 0.717) is 32.2 Å². The van der Waals surface area contributed by atoms with Gasteiger partial charge in [-0.3, -0.25) is 0 Å². The summed E-state index contributed by atoms with van der Waals surface area (Å²) in [6, 6.07) is 25.1. The molecule has 2 N–H and O–H groups in total. The van der Waals surface area contributed by atoms with E-state index in [-0.39, 0.29) is 18.8 Å². The number of carboxylic acids is 1. The Morgan fingerprint density at radius 3 is 2.37 bits per heavy atom. The van der Waals surface area contributed by atoms with E-state index in [1.165, 1.54) is 0 Å². The summed E-state index contributed by atoms with van der Waals surface area (Å²) >= 11 is 1.62. The van der Waals surface area contributed by atoms with Crippen LogP contribution in [-0.2, 0) is 9.47 Å². The van der Waals surface area contributed by atoms with E-state index >= 15 is 0 Å². The van der Waals surface area contributed by atoms with Crippen LogP contribution in [0.1, 0.15) is 10.4 Å². The number of benzene rings is 4. The molecule has 0 amide bonds. The van der Waals surface area contributed by atoms with Crippen LogP contribution in [-0.4, -0.2) is 60.8 Å². The van der Waals surface area contributed by atoms with E-state index in [1.807, 2.05) is 30.3 Å². The number of aliphatic hydroxyl groups excluding tert-OH is 1. The maximum absolute atomic E-state index is 11.4. The van der Waals surface area contributed by atoms with Crippen LogP contribution in [0.2, 0.25) is 0 Å². The lowest BCUT2D eigenvalue weighted by molar-refractivity contribution is 0.0247. The molecule has 194 valence electrons. The van der Waals surface area contributed by atoms with Gasteiger partial charge in [0.25, 0.3) is 0 Å². The third-order valence-corrected chi connectivity index (χ3v) is 7.11. The topological polar surface area (TPSA) is 98.1 Å². The summed E-state index contributed by atoms with van der Waals surface area (Å²) in [7, 11) is 0. The number of aliphatic hydroxyl groups is 1. The Hall–Kier alpha value is -3.82. The summed E-state index contributed by atoms with van der Waals surface area (Å²) < 4.78 is 18.0. The van der Waals surface area contributed by atoms with Crippen LogP contribution in [0.3, 0.4) is 0 Å². The van der Waals surface area contributed by atoms with Gasteiger partial charge in [0.1, 0.15) is 17.4 Å². The van der Waals surface area contributed by atoms with E-state index in [1.54, 1.807) is 35.6 Å². The Morgan fingerprint density at radius 1 is 0.816 bits per heavy atom. The predicted molar refractivity (Wildman–Crippen MR) is 149 cm³/mol. The lowest BCUT2D eigenvalue weighted by atomic mass is 9.97. The molecule has 5 rings (SSSR count). The number of carbonyl (C=O) groups is 1. The number of aromatic carboxylic acids is 1. The number of fused-ring (bicyclic) bond motifs is 3. The average molecular weight is 530 g/mol. The monoisotopic (exact) mass is 529 g/mol. The van der Waals surface area contributed by atoms with Crippen LogP contribution in [0.4, 0.5) is 0 Å². The van der Waals surface area contributed by atoms with E-state index in [2.05, 4.69) is 24.3 Å². The van der Waals surface area contributed by atoms with Gasteiger partial charge in [0.2, 0.25) is 0 Å². The van der Waals surface area contributed by atoms with Crippen molar-refractivity contribution in [1.29, 1.82) is 0 Å². The molecule has 0 aliphatic heterocycles. The zero-order valence-corrected chi connectivity index (χ0v) is 21.4. The Morgan fingerprint density at radius 2 is 1.58 bits per heavy atom. The van der Waals surface area contributed by atoms with Gasteiger partial charge in [-0.15, -0.1) is 11.3 Å². The molecule has 0 aliphatic carbocycles. The van der Waals surface area contributed by atoms with Gasteiger partial charge in [-0.05, 0) is 35.2 Å². The smallest absolute Gasteiger partial charge is 0.335 e. The van der Waals surface area contributed by atoms with Crippen LogP contribution >= 0.6 is 11.3 Å². The number of thiazole rings is 1. The molecule has 0 saturated heterocycles. The van der Waals surface area contributed by atoms with Gasteiger partial charge in [0, 0.05) is 16.5 Å². The second-order valence-electron chi connectivity index (χ2n) is 8.51. The first kappa shape index (κ1) is 25.8. The molecule has 1 heterocycles. The van der Waals surface area contributed by atoms with Crippen molar-refractivity contribution in [2.75, 3.05) is 39.6 Å². The second-order valence-corrected chi connectivity index (χ2v) is 9.54. The molecule has 0 bridgehead atoms. The molecule has 38 heavy (non-hydrogen) atoms. The van der Waals surface area contributed by atoms with Crippen LogP contribution in [0.15, 0.2) is 78.9 Å². The van der Waals surface area contributed by atoms with Crippen LogP contribution in [0, 0.1) is 0 Å². The molecular formula is C30H27NO6S. The molecule has 5 aromatic rings. The number of nitrogens with zero attached hydrogens (tertiary/aromatic N) is 1. The molecule has 0 spiro atoms. The Kier molecular flexibility index (Phi) is 8.25. The number of ether oxygens (including phenoxy) is 3. The van der Waals surface area contributed by atoms with Crippen molar-refractivity contribution in [3.63, 3.8) is 0 Å². The number of hydrogen-bond acceptors (Lipinski definition) is 7. The Balaban J connectivity index is 1.48. The summed E-state index contributed by atoms with van der Waals surface area (Å²) in [6.07, 6.45) is 0. The lowest BCUT2D eigenvalue weighted by Crippen LogP contribution is -2.12. The normalized spacial score (nSPS) is 11.3. The van der Waals surface area contributed by atoms with Gasteiger partial charge in [-0.25, -0.2) is 9.78 Å². The molecule has 4 aromatic carbocycles. The quantitative estimate of drug-likeness (QED) is 0.195. The third kappa shape index (κ3) is 5.69. The highest BCUT2D eigenvalue weighted by Crippen LogP contribution is 2.42. The number of aromatic nitrogens is 1. The van der Waals surface area contributed by atoms with Gasteiger partial charge < -0.3 is 24.4 Å². The second kappa shape index (κ2) is 12.1. The van der Waals surface area contributed by atoms with Crippen molar-refractivity contribution in [2.24, 2.45) is 0 Å². The largest absolute Gasteiger partial charge is 0.491 e. The predicted octanol–water partition coefficient (Wildman–Crippen LogP) is 5.89. The van der Waals surface area contributed by atoms with E-state index in [4.69, 9.17) is 24.3 Å². The van der Waals surface area contributed by atoms with Crippen molar-refractivity contribution in [2.45, 2.75) is 0 Å². The fraction of sp³-hybridized carbons (Fsp3) is 0.200. The van der Waals surface area contributed by atoms with Gasteiger partial charge in [-0.1, -0.05) is 54.6 Å². The summed E-state index contributed by atoms with van der Waals surface area (Å²) in [5.74, 6) is -0.311. The number of carboxylic acid groups (broad SMARTS) is 1. The van der Waals surface area contributed by atoms with E-state index in [9.17, 15) is 9.90 Å². The van der Waals surface area contributed by atoms with Crippen molar-refractivity contribution < 1.29 is 29.2 Å². The number of rotatable bonds is 12. The zero-order valence-electron chi connectivity index (χ0n) is 20.6. The summed E-state index contributed by atoms with van der Waals surface area (Å²) in [5.41, 5.74) is 3.77. The van der Waals surface area contributed by atoms with Crippen LogP contribution < -0.4 is 4.74 Å². The summed E-state index contributed by atoms with van der Waals surface area (Å²) in [4.78, 5) is 16.5. The summed E-state index contributed by atoms with van der Waals surface area (Å²) in [5, 5.41) is 21.2. The van der Waals surface area contributed by atoms with Gasteiger partial charge in [0.15, 0.2) is 0 Å². The SMILES string of the molecule is O=C(O)c1ccc(-c2c(OCCOCCOCCO)cccc2-c2nc3c(ccc4ccccc43)s2)cc1. The van der Waals surface area contributed by atoms with Gasteiger partial charge in [-0.2, -0.15) is 0 Å². The molecule has 0 saturated carbocycles. The lowest BCUT2D eigenvalue weighted by Gasteiger charge is -2.15. The fourth-order valence-corrected chi connectivity index (χ4v) is 5.29. The maximum atomic E-state index is 11.4. The highest BCUT2D eigenvalue weighted by atomic mass is 32.1. The minimum absolute atomic E-state index is 0.0133. The van der Waals surface area contributed by atoms with Crippen molar-refractivity contribution in [3.05, 3.63) is 84.4 Å². The fourth-order valence-electron chi connectivity index (χ4n) is 4.28. The molecule has 0 radical (unpaired) electrons. The molecule has 0 unspecified atom stereocenters. The summed E-state index contributed by atoms with van der Waals surface area (Å²) in [6.45, 7) is 1.79. The van der Waals surface area contributed by atoms with Crippen LogP contribution in [0.5, 0.6) is 5.75 Å². The third-order valence-electron chi connectivity index (χ3n) is 6.05. The molecule has 0 fully saturated rings. The van der Waals surface area contributed by atoms with Crippen molar-refractivity contribution >= 4 is 38.3 Å². The van der Waals surface area contributed by atoms with Gasteiger partial charge >= 0.3 is 5.97 Å². The van der Waals surface area contributed by atoms with E-state index in [0.717, 1.165) is 42.7 Å². The highest BCUT2D eigenvalue weighted by molar-refractivity contribution is 7.21. The van der Waals surface area contributed by atoms with Crippen molar-refractivity contribution in [3.8, 4) is 27.4 Å². The van der Waals surface area contributed by atoms with Crippen molar-refractivity contribution in [1.82, 2.24) is 4.98 Å². The van der Waals surface area contributed by atoms with Gasteiger partial charge in [0.05, 0.1) is 48.8 Å². The zero-order chi connectivity index (χ0) is 26.3. The van der Waals surface area contributed by atoms with Crippen LogP contribution in [0.25, 0.3) is 42.7 Å². The van der Waals surface area contributed by atoms with E-state index < -0.39 is 5.97 Å². The minimum atomic E-state index is -0.973. The molecular weight excluding hydrogens is 502 g/mol. The molecule has 0 atom stereocenters. The molecule has 0 aliphatic rings. The first-order valence-corrected chi connectivity index (χ1v) is 13.1. The minimum Gasteiger partial charge on any atom is -0.491 e. The average Bonchev–Trinajstić information content (AvgIpc) is 3.39. The Bertz CT molecular complexity index is 1550. The standard InChI is InChI=1S/C30H27NO6S/c32-14-15-35-16-17-36-18-19-37-25-7-3-6-24(27(25)21-8-10-22(11-9-21)30(33)34)29-31-28-23-5-2-1-4-20(23)12-13-26(28)38-29/h1-13,32H,14-19H2,(H,33,34). The number of hydrogen-bond donors (Lipinski definition) is 2. The molecule has 7 nitrogen and oxygen atoms in total. The molecule has 1 aromatic heterocycles.